The molecule has 1 aliphatic rings. The van der Waals surface area contributed by atoms with Crippen LogP contribution in [0.1, 0.15) is 23.2 Å². The van der Waals surface area contributed by atoms with E-state index >= 15 is 0 Å². The summed E-state index contributed by atoms with van der Waals surface area (Å²) in [6.07, 6.45) is 1.91. The molecule has 5 nitrogen and oxygen atoms in total. The van der Waals surface area contributed by atoms with Crippen molar-refractivity contribution in [2.75, 3.05) is 25.2 Å². The van der Waals surface area contributed by atoms with Gasteiger partial charge in [-0.25, -0.2) is 4.98 Å². The molecule has 1 unspecified atom stereocenters. The van der Waals surface area contributed by atoms with Crippen LogP contribution in [-0.2, 0) is 4.74 Å². The van der Waals surface area contributed by atoms with Crippen molar-refractivity contribution in [1.29, 1.82) is 0 Å². The molecule has 0 bridgehead atoms. The number of amides is 1. The quantitative estimate of drug-likeness (QED) is 0.376. The fourth-order valence-electron chi connectivity index (χ4n) is 4.02. The molecule has 0 aliphatic carbocycles. The van der Waals surface area contributed by atoms with Crippen molar-refractivity contribution < 1.29 is 14.3 Å². The second-order valence-electron chi connectivity index (χ2n) is 7.50. The van der Waals surface area contributed by atoms with Gasteiger partial charge in [-0.15, -0.1) is 0 Å². The molecule has 4 aromatic rings. The summed E-state index contributed by atoms with van der Waals surface area (Å²) < 4.78 is 12.1. The van der Waals surface area contributed by atoms with Gasteiger partial charge in [0.25, 0.3) is 5.91 Å². The molecule has 1 aromatic heterocycles. The van der Waals surface area contributed by atoms with Crippen molar-refractivity contribution in [2.24, 2.45) is 0 Å². The average molecular weight is 453 g/mol. The Bertz CT molecular complexity index is 1260. The van der Waals surface area contributed by atoms with Crippen LogP contribution < -0.4 is 9.64 Å². The molecule has 0 spiro atoms. The van der Waals surface area contributed by atoms with Gasteiger partial charge in [-0.3, -0.25) is 9.69 Å². The number of aromatic nitrogens is 1. The minimum atomic E-state index is -0.0959. The average Bonchev–Trinajstić information content (AvgIpc) is 3.47. The number of anilines is 1. The van der Waals surface area contributed by atoms with Crippen LogP contribution >= 0.6 is 22.9 Å². The summed E-state index contributed by atoms with van der Waals surface area (Å²) in [6, 6.07) is 17.3. The van der Waals surface area contributed by atoms with E-state index in [1.807, 2.05) is 42.5 Å². The third kappa shape index (κ3) is 3.76. The molecule has 1 saturated heterocycles. The number of hydrogen-bond acceptors (Lipinski definition) is 5. The molecule has 3 aromatic carbocycles. The Labute approximate surface area is 189 Å². The number of methoxy groups -OCH3 is 1. The van der Waals surface area contributed by atoms with Gasteiger partial charge in [-0.2, -0.15) is 0 Å². The van der Waals surface area contributed by atoms with E-state index in [0.29, 0.717) is 33.5 Å². The highest BCUT2D eigenvalue weighted by molar-refractivity contribution is 7.23. The molecular weight excluding hydrogens is 432 g/mol. The summed E-state index contributed by atoms with van der Waals surface area (Å²) in [5.74, 6) is 0.540. The largest absolute Gasteiger partial charge is 0.494 e. The van der Waals surface area contributed by atoms with Crippen LogP contribution in [-0.4, -0.2) is 37.3 Å². The fraction of sp³-hybridized carbons (Fsp3) is 0.250. The number of carbonyl (C=O) groups excluding carboxylic acids is 1. The van der Waals surface area contributed by atoms with Crippen molar-refractivity contribution in [3.8, 4) is 5.75 Å². The number of hydrogen-bond donors (Lipinski definition) is 0. The highest BCUT2D eigenvalue weighted by Crippen LogP contribution is 2.39. The van der Waals surface area contributed by atoms with Gasteiger partial charge in [0.05, 0.1) is 29.5 Å². The molecule has 7 heteroatoms. The standard InChI is InChI=1S/C24H21ClN2O3S/c1-29-20-12-11-19(25)22-21(20)26-24(31-22)27(14-16-8-5-13-30-16)23(28)18-10-4-7-15-6-2-3-9-17(15)18/h2-4,6-7,9-12,16H,5,8,13-14H2,1H3. The lowest BCUT2D eigenvalue weighted by Gasteiger charge is -2.23. The van der Waals surface area contributed by atoms with E-state index in [-0.39, 0.29) is 12.0 Å². The topological polar surface area (TPSA) is 51.7 Å². The minimum absolute atomic E-state index is 0.0108. The van der Waals surface area contributed by atoms with Crippen molar-refractivity contribution in [3.63, 3.8) is 0 Å². The molecular formula is C24H21ClN2O3S. The van der Waals surface area contributed by atoms with Gasteiger partial charge < -0.3 is 9.47 Å². The van der Waals surface area contributed by atoms with Crippen LogP contribution in [0.5, 0.6) is 5.75 Å². The summed E-state index contributed by atoms with van der Waals surface area (Å²) in [6.45, 7) is 1.17. The van der Waals surface area contributed by atoms with E-state index in [9.17, 15) is 4.79 Å². The third-order valence-corrected chi connectivity index (χ3v) is 7.11. The van der Waals surface area contributed by atoms with Crippen LogP contribution in [0.25, 0.3) is 21.0 Å². The smallest absolute Gasteiger partial charge is 0.260 e. The molecule has 31 heavy (non-hydrogen) atoms. The highest BCUT2D eigenvalue weighted by Gasteiger charge is 2.28. The van der Waals surface area contributed by atoms with E-state index in [2.05, 4.69) is 0 Å². The van der Waals surface area contributed by atoms with Gasteiger partial charge in [0.2, 0.25) is 0 Å². The van der Waals surface area contributed by atoms with Crippen molar-refractivity contribution >= 4 is 55.0 Å². The Morgan fingerprint density at radius 3 is 2.87 bits per heavy atom. The maximum atomic E-state index is 13.8. The Morgan fingerprint density at radius 1 is 1.23 bits per heavy atom. The number of halogens is 1. The monoisotopic (exact) mass is 452 g/mol. The maximum Gasteiger partial charge on any atom is 0.260 e. The van der Waals surface area contributed by atoms with Gasteiger partial charge >= 0.3 is 0 Å². The van der Waals surface area contributed by atoms with Gasteiger partial charge in [-0.05, 0) is 41.8 Å². The third-order valence-electron chi connectivity index (χ3n) is 5.57. The van der Waals surface area contributed by atoms with Gasteiger partial charge in [0.1, 0.15) is 11.3 Å². The zero-order chi connectivity index (χ0) is 21.4. The van der Waals surface area contributed by atoms with Crippen LogP contribution in [0.15, 0.2) is 54.6 Å². The molecule has 5 rings (SSSR count). The van der Waals surface area contributed by atoms with Gasteiger partial charge in [0.15, 0.2) is 5.13 Å². The number of benzene rings is 3. The van der Waals surface area contributed by atoms with Crippen LogP contribution in [0.3, 0.4) is 0 Å². The molecule has 158 valence electrons. The number of rotatable bonds is 5. The summed E-state index contributed by atoms with van der Waals surface area (Å²) in [5.41, 5.74) is 1.31. The van der Waals surface area contributed by atoms with E-state index < -0.39 is 0 Å². The first-order valence-corrected chi connectivity index (χ1v) is 11.4. The van der Waals surface area contributed by atoms with Crippen LogP contribution in [0, 0.1) is 0 Å². The first-order chi connectivity index (χ1) is 15.2. The van der Waals surface area contributed by atoms with Crippen molar-refractivity contribution in [3.05, 3.63) is 65.2 Å². The molecule has 0 saturated carbocycles. The molecule has 2 heterocycles. The lowest BCUT2D eigenvalue weighted by molar-refractivity contribution is 0.0919. The predicted octanol–water partition coefficient (Wildman–Crippen LogP) is 5.94. The second kappa shape index (κ2) is 8.46. The van der Waals surface area contributed by atoms with E-state index in [1.165, 1.54) is 11.3 Å². The first kappa shape index (κ1) is 20.2. The van der Waals surface area contributed by atoms with E-state index in [0.717, 1.165) is 34.9 Å². The lowest BCUT2D eigenvalue weighted by Crippen LogP contribution is -2.37. The van der Waals surface area contributed by atoms with E-state index in [4.69, 9.17) is 26.1 Å². The van der Waals surface area contributed by atoms with Gasteiger partial charge in [-0.1, -0.05) is 59.3 Å². The van der Waals surface area contributed by atoms with Crippen molar-refractivity contribution in [1.82, 2.24) is 4.98 Å². The maximum absolute atomic E-state index is 13.8. The summed E-state index contributed by atoms with van der Waals surface area (Å²) >= 11 is 7.84. The molecule has 1 atom stereocenters. The number of carbonyl (C=O) groups is 1. The zero-order valence-corrected chi connectivity index (χ0v) is 18.6. The number of nitrogens with zero attached hydrogens (tertiary/aromatic N) is 2. The Morgan fingerprint density at radius 2 is 2.06 bits per heavy atom. The summed E-state index contributed by atoms with van der Waals surface area (Å²) in [7, 11) is 1.60. The Hall–Kier alpha value is -2.67. The SMILES string of the molecule is COc1ccc(Cl)c2sc(N(CC3CCCO3)C(=O)c3cccc4ccccc34)nc12. The lowest BCUT2D eigenvalue weighted by atomic mass is 10.0. The second-order valence-corrected chi connectivity index (χ2v) is 8.89. The normalized spacial score (nSPS) is 16.1. The number of ether oxygens (including phenoxy) is 2. The zero-order valence-electron chi connectivity index (χ0n) is 17.0. The van der Waals surface area contributed by atoms with E-state index in [1.54, 1.807) is 24.1 Å². The van der Waals surface area contributed by atoms with Crippen LogP contribution in [0.2, 0.25) is 5.02 Å². The van der Waals surface area contributed by atoms with Crippen LogP contribution in [0.4, 0.5) is 5.13 Å². The molecule has 0 radical (unpaired) electrons. The van der Waals surface area contributed by atoms with Gasteiger partial charge in [0, 0.05) is 12.2 Å². The molecule has 0 N–H and O–H groups in total. The molecule has 1 amide bonds. The fourth-order valence-corrected chi connectivity index (χ4v) is 5.28. The Kier molecular flexibility index (Phi) is 5.52. The summed E-state index contributed by atoms with van der Waals surface area (Å²) in [4.78, 5) is 20.3. The highest BCUT2D eigenvalue weighted by atomic mass is 35.5. The number of thiazole rings is 1. The van der Waals surface area contributed by atoms with Crippen molar-refractivity contribution in [2.45, 2.75) is 18.9 Å². The summed E-state index contributed by atoms with van der Waals surface area (Å²) in [5, 5.41) is 3.13. The number of fused-ring (bicyclic) bond motifs is 2. The predicted molar refractivity (Wildman–Crippen MR) is 126 cm³/mol. The Balaban J connectivity index is 1.63. The molecule has 1 fully saturated rings. The minimum Gasteiger partial charge on any atom is -0.494 e. The molecule has 1 aliphatic heterocycles. The first-order valence-electron chi connectivity index (χ1n) is 10.2.